The number of nitrogens with zero attached hydrogens (tertiary/aromatic N) is 3. The van der Waals surface area contributed by atoms with E-state index >= 15 is 0 Å². The van der Waals surface area contributed by atoms with Crippen molar-refractivity contribution in [1.82, 2.24) is 14.2 Å². The molecular weight excluding hydrogens is 398 g/mol. The van der Waals surface area contributed by atoms with Gasteiger partial charge in [0.1, 0.15) is 5.52 Å². The summed E-state index contributed by atoms with van der Waals surface area (Å²) in [7, 11) is -3.30. The van der Waals surface area contributed by atoms with E-state index in [-0.39, 0.29) is 11.2 Å². The molecule has 0 unspecified atom stereocenters. The number of hydrogen-bond donors (Lipinski definition) is 0. The van der Waals surface area contributed by atoms with Crippen molar-refractivity contribution in [2.75, 3.05) is 26.2 Å². The lowest BCUT2D eigenvalue weighted by molar-refractivity contribution is 0.169. The van der Waals surface area contributed by atoms with Crippen LogP contribution in [0.1, 0.15) is 37.8 Å². The normalized spacial score (nSPS) is 16.9. The van der Waals surface area contributed by atoms with Crippen LogP contribution in [0.5, 0.6) is 0 Å². The Morgan fingerprint density at radius 3 is 2.37 bits per heavy atom. The third-order valence-electron chi connectivity index (χ3n) is 5.57. The number of fused-ring (bicyclic) bond motifs is 1. The van der Waals surface area contributed by atoms with Crippen LogP contribution in [0, 0.1) is 0 Å². The Balaban J connectivity index is 1.38. The highest BCUT2D eigenvalue weighted by Gasteiger charge is 2.27. The van der Waals surface area contributed by atoms with Crippen molar-refractivity contribution in [3.05, 3.63) is 65.5 Å². The molecule has 0 N–H and O–H groups in total. The van der Waals surface area contributed by atoms with E-state index in [0.717, 1.165) is 16.7 Å². The van der Waals surface area contributed by atoms with E-state index in [1.54, 1.807) is 4.31 Å². The van der Waals surface area contributed by atoms with Gasteiger partial charge in [-0.3, -0.25) is 4.90 Å². The Morgan fingerprint density at radius 1 is 1.00 bits per heavy atom. The van der Waals surface area contributed by atoms with Crippen LogP contribution in [0.2, 0.25) is 0 Å². The molecule has 0 aliphatic carbocycles. The minimum Gasteiger partial charge on any atom is -0.439 e. The van der Waals surface area contributed by atoms with Crippen molar-refractivity contribution in [3.63, 3.8) is 0 Å². The summed E-state index contributed by atoms with van der Waals surface area (Å²) in [5, 5.41) is 0. The van der Waals surface area contributed by atoms with Crippen molar-refractivity contribution < 1.29 is 12.8 Å². The molecule has 1 aliphatic heterocycles. The van der Waals surface area contributed by atoms with Crippen LogP contribution in [-0.4, -0.2) is 48.8 Å². The molecule has 1 fully saturated rings. The molecule has 4 rings (SSSR count). The van der Waals surface area contributed by atoms with Gasteiger partial charge in [0.2, 0.25) is 15.9 Å². The molecule has 2 aromatic carbocycles. The maximum absolute atomic E-state index is 12.7. The second-order valence-electron chi connectivity index (χ2n) is 8.96. The largest absolute Gasteiger partial charge is 0.439 e. The molecule has 1 aromatic heterocycles. The van der Waals surface area contributed by atoms with Gasteiger partial charge in [-0.05, 0) is 28.7 Å². The molecule has 0 spiro atoms. The van der Waals surface area contributed by atoms with E-state index in [1.807, 2.05) is 36.4 Å². The number of benzene rings is 2. The Morgan fingerprint density at radius 2 is 1.70 bits per heavy atom. The topological polar surface area (TPSA) is 66.7 Å². The predicted octanol–water partition coefficient (Wildman–Crippen LogP) is 3.77. The summed E-state index contributed by atoms with van der Waals surface area (Å²) in [6.07, 6.45) is 0. The molecule has 2 heterocycles. The average molecular weight is 428 g/mol. The Labute approximate surface area is 178 Å². The van der Waals surface area contributed by atoms with Gasteiger partial charge in [-0.25, -0.2) is 13.4 Å². The van der Waals surface area contributed by atoms with E-state index in [2.05, 4.69) is 42.8 Å². The van der Waals surface area contributed by atoms with Crippen LogP contribution in [0.25, 0.3) is 11.1 Å². The number of sulfonamides is 1. The first-order valence-corrected chi connectivity index (χ1v) is 12.0. The predicted molar refractivity (Wildman–Crippen MR) is 119 cm³/mol. The summed E-state index contributed by atoms with van der Waals surface area (Å²) in [5.74, 6) is 0.728. The van der Waals surface area contributed by atoms with Crippen LogP contribution in [0.15, 0.2) is 52.9 Å². The summed E-state index contributed by atoms with van der Waals surface area (Å²) in [6, 6.07) is 15.5. The zero-order valence-electron chi connectivity index (χ0n) is 17.8. The van der Waals surface area contributed by atoms with Gasteiger partial charge in [-0.15, -0.1) is 0 Å². The van der Waals surface area contributed by atoms with Crippen molar-refractivity contribution >= 4 is 21.1 Å². The van der Waals surface area contributed by atoms with Crippen LogP contribution in [0.3, 0.4) is 0 Å². The Hall–Kier alpha value is -2.22. The van der Waals surface area contributed by atoms with Gasteiger partial charge in [0.15, 0.2) is 5.58 Å². The molecule has 0 amide bonds. The fourth-order valence-corrected chi connectivity index (χ4v) is 5.26. The lowest BCUT2D eigenvalue weighted by Gasteiger charge is -2.33. The standard InChI is InChI=1S/C23H29N3O3S/c1-23(2,3)19-9-10-21-20(15-19)24-22(29-21)16-25-11-13-26(14-12-25)30(27,28)17-18-7-5-4-6-8-18/h4-10,15H,11-14,16-17H2,1-3H3. The smallest absolute Gasteiger partial charge is 0.218 e. The molecule has 1 saturated heterocycles. The monoisotopic (exact) mass is 427 g/mol. The fraction of sp³-hybridized carbons (Fsp3) is 0.435. The highest BCUT2D eigenvalue weighted by Crippen LogP contribution is 2.26. The summed E-state index contributed by atoms with van der Waals surface area (Å²) in [4.78, 5) is 6.86. The summed E-state index contributed by atoms with van der Waals surface area (Å²) in [5.41, 5.74) is 3.78. The van der Waals surface area contributed by atoms with Crippen LogP contribution >= 0.6 is 0 Å². The number of oxazole rings is 1. The molecule has 1 aliphatic rings. The van der Waals surface area contributed by atoms with E-state index in [0.29, 0.717) is 38.6 Å². The minimum atomic E-state index is -3.30. The molecule has 7 heteroatoms. The van der Waals surface area contributed by atoms with Gasteiger partial charge < -0.3 is 4.42 Å². The van der Waals surface area contributed by atoms with Gasteiger partial charge in [0.25, 0.3) is 0 Å². The summed E-state index contributed by atoms with van der Waals surface area (Å²) >= 11 is 0. The Kier molecular flexibility index (Phi) is 5.70. The number of aromatic nitrogens is 1. The van der Waals surface area contributed by atoms with Crippen molar-refractivity contribution in [2.24, 2.45) is 0 Å². The SMILES string of the molecule is CC(C)(C)c1ccc2oc(CN3CCN(S(=O)(=O)Cc4ccccc4)CC3)nc2c1. The summed E-state index contributed by atoms with van der Waals surface area (Å²) < 4.78 is 33.0. The first-order valence-electron chi connectivity index (χ1n) is 10.3. The lowest BCUT2D eigenvalue weighted by atomic mass is 9.87. The minimum absolute atomic E-state index is 0.0507. The van der Waals surface area contributed by atoms with Gasteiger partial charge in [0, 0.05) is 26.2 Å². The molecule has 30 heavy (non-hydrogen) atoms. The van der Waals surface area contributed by atoms with Gasteiger partial charge in [0.05, 0.1) is 12.3 Å². The number of hydrogen-bond acceptors (Lipinski definition) is 5. The lowest BCUT2D eigenvalue weighted by Crippen LogP contribution is -2.48. The Bertz CT molecular complexity index is 1110. The van der Waals surface area contributed by atoms with Crippen LogP contribution in [-0.2, 0) is 27.7 Å². The molecule has 6 nitrogen and oxygen atoms in total. The molecule has 0 saturated carbocycles. The quantitative estimate of drug-likeness (QED) is 0.620. The average Bonchev–Trinajstić information content (AvgIpc) is 3.09. The van der Waals surface area contributed by atoms with Gasteiger partial charge >= 0.3 is 0 Å². The second-order valence-corrected chi connectivity index (χ2v) is 10.9. The molecule has 0 atom stereocenters. The maximum Gasteiger partial charge on any atom is 0.218 e. The molecule has 3 aromatic rings. The van der Waals surface area contributed by atoms with Crippen LogP contribution in [0.4, 0.5) is 0 Å². The first kappa shape index (κ1) is 21.0. The van der Waals surface area contributed by atoms with Gasteiger partial charge in [-0.2, -0.15) is 4.31 Å². The van der Waals surface area contributed by atoms with E-state index < -0.39 is 10.0 Å². The van der Waals surface area contributed by atoms with Crippen LogP contribution < -0.4 is 0 Å². The molecular formula is C23H29N3O3S. The molecule has 160 valence electrons. The fourth-order valence-electron chi connectivity index (χ4n) is 3.74. The first-order chi connectivity index (χ1) is 14.2. The number of rotatable bonds is 5. The number of piperazine rings is 1. The zero-order valence-corrected chi connectivity index (χ0v) is 18.7. The molecule has 0 radical (unpaired) electrons. The zero-order chi connectivity index (χ0) is 21.4. The van der Waals surface area contributed by atoms with Crippen molar-refractivity contribution in [1.29, 1.82) is 0 Å². The third-order valence-corrected chi connectivity index (χ3v) is 7.42. The van der Waals surface area contributed by atoms with E-state index in [1.165, 1.54) is 5.56 Å². The van der Waals surface area contributed by atoms with Gasteiger partial charge in [-0.1, -0.05) is 57.2 Å². The second kappa shape index (κ2) is 8.13. The van der Waals surface area contributed by atoms with E-state index in [9.17, 15) is 8.42 Å². The maximum atomic E-state index is 12.7. The third kappa shape index (κ3) is 4.74. The van der Waals surface area contributed by atoms with Crippen molar-refractivity contribution in [3.8, 4) is 0 Å². The summed E-state index contributed by atoms with van der Waals surface area (Å²) in [6.45, 7) is 9.45. The molecule has 0 bridgehead atoms. The van der Waals surface area contributed by atoms with E-state index in [4.69, 9.17) is 4.42 Å². The highest BCUT2D eigenvalue weighted by molar-refractivity contribution is 7.88. The van der Waals surface area contributed by atoms with Crippen molar-refractivity contribution in [2.45, 2.75) is 38.5 Å². The highest BCUT2D eigenvalue weighted by atomic mass is 32.2.